The van der Waals surface area contributed by atoms with Gasteiger partial charge in [0.15, 0.2) is 0 Å². The van der Waals surface area contributed by atoms with Crippen molar-refractivity contribution in [2.45, 2.75) is 19.3 Å². The summed E-state index contributed by atoms with van der Waals surface area (Å²) >= 11 is 0. The van der Waals surface area contributed by atoms with Crippen molar-refractivity contribution in [1.82, 2.24) is 0 Å². The van der Waals surface area contributed by atoms with Gasteiger partial charge in [-0.25, -0.2) is 0 Å². The van der Waals surface area contributed by atoms with E-state index < -0.39 is 0 Å². The van der Waals surface area contributed by atoms with Gasteiger partial charge in [0, 0.05) is 0 Å². The number of hydrogen-bond donors (Lipinski definition) is 0. The van der Waals surface area contributed by atoms with Gasteiger partial charge in [-0.2, -0.15) is 0 Å². The van der Waals surface area contributed by atoms with Crippen LogP contribution in [0.25, 0.3) is 0 Å². The molecule has 2 unspecified atom stereocenters. The molecule has 1 aromatic rings. The highest BCUT2D eigenvalue weighted by molar-refractivity contribution is 5.36. The first-order valence-electron chi connectivity index (χ1n) is 4.43. The predicted molar refractivity (Wildman–Crippen MR) is 45.5 cm³/mol. The van der Waals surface area contributed by atoms with Crippen molar-refractivity contribution < 1.29 is 0 Å². The lowest BCUT2D eigenvalue weighted by Crippen LogP contribution is -1.87. The molecule has 0 aromatic heterocycles. The van der Waals surface area contributed by atoms with E-state index in [0.717, 1.165) is 17.8 Å². The maximum Gasteiger partial charge on any atom is -0.00993 e. The largest absolute Gasteiger partial charge is 0.0590 e. The van der Waals surface area contributed by atoms with Crippen molar-refractivity contribution in [2.75, 3.05) is 0 Å². The monoisotopic (exact) mass is 144 g/mol. The topological polar surface area (TPSA) is 0 Å². The van der Waals surface area contributed by atoms with Gasteiger partial charge in [0.1, 0.15) is 0 Å². The van der Waals surface area contributed by atoms with Gasteiger partial charge in [0.2, 0.25) is 0 Å². The highest BCUT2D eigenvalue weighted by atomic mass is 14.7. The third-order valence-electron chi connectivity index (χ3n) is 3.14. The fourth-order valence-corrected chi connectivity index (χ4v) is 2.06. The zero-order valence-electron chi connectivity index (χ0n) is 6.75. The van der Waals surface area contributed by atoms with Crippen LogP contribution in [0.15, 0.2) is 24.3 Å². The van der Waals surface area contributed by atoms with Gasteiger partial charge in [-0.3, -0.25) is 0 Å². The zero-order chi connectivity index (χ0) is 7.42. The molecule has 3 rings (SSSR count). The summed E-state index contributed by atoms with van der Waals surface area (Å²) in [5.41, 5.74) is 2.96. The van der Waals surface area contributed by atoms with Gasteiger partial charge in [-0.1, -0.05) is 29.8 Å². The fraction of sp³-hybridized carbons (Fsp3) is 0.455. The molecule has 0 nitrogen and oxygen atoms in total. The Labute approximate surface area is 67.2 Å². The van der Waals surface area contributed by atoms with Crippen molar-refractivity contribution in [3.8, 4) is 0 Å². The van der Waals surface area contributed by atoms with E-state index in [1.54, 1.807) is 5.56 Å². The van der Waals surface area contributed by atoms with E-state index in [1.807, 2.05) is 0 Å². The molecule has 2 aliphatic carbocycles. The summed E-state index contributed by atoms with van der Waals surface area (Å²) in [5.74, 6) is 3.16. The van der Waals surface area contributed by atoms with Crippen LogP contribution in [0.2, 0.25) is 0 Å². The fourth-order valence-electron chi connectivity index (χ4n) is 2.06. The maximum absolute atomic E-state index is 2.30. The quantitative estimate of drug-likeness (QED) is 0.568. The normalized spacial score (nSPS) is 38.1. The first-order chi connectivity index (χ1) is 5.36. The van der Waals surface area contributed by atoms with Crippen molar-refractivity contribution in [3.63, 3.8) is 0 Å². The molecule has 1 aromatic carbocycles. The number of aryl methyl sites for hydroxylation is 1. The first-order valence-corrected chi connectivity index (χ1v) is 4.43. The van der Waals surface area contributed by atoms with Gasteiger partial charge in [-0.05, 0) is 36.7 Å². The van der Waals surface area contributed by atoms with Crippen molar-refractivity contribution >= 4 is 0 Å². The van der Waals surface area contributed by atoms with Crippen LogP contribution in [0.4, 0.5) is 0 Å². The van der Waals surface area contributed by atoms with Crippen LogP contribution in [0.3, 0.4) is 0 Å². The van der Waals surface area contributed by atoms with Gasteiger partial charge < -0.3 is 0 Å². The minimum absolute atomic E-state index is 0.968. The average molecular weight is 144 g/mol. The molecule has 0 radical (unpaired) electrons. The molecule has 0 heterocycles. The minimum Gasteiger partial charge on any atom is -0.0590 e. The molecule has 0 bridgehead atoms. The molecule has 0 aliphatic heterocycles. The number of hydrogen-bond acceptors (Lipinski definition) is 0. The summed E-state index contributed by atoms with van der Waals surface area (Å²) in [6.07, 6.45) is 1.51. The van der Waals surface area contributed by atoms with Crippen molar-refractivity contribution in [2.24, 2.45) is 11.8 Å². The SMILES string of the molecule is Cc1ccc(C2C3CC32)cc1. The Morgan fingerprint density at radius 3 is 2.18 bits per heavy atom. The highest BCUT2D eigenvalue weighted by Crippen LogP contribution is 2.73. The highest BCUT2D eigenvalue weighted by Gasteiger charge is 2.64. The van der Waals surface area contributed by atoms with Crippen LogP contribution in [0, 0.1) is 18.8 Å². The predicted octanol–water partition coefficient (Wildman–Crippen LogP) is 2.73. The van der Waals surface area contributed by atoms with Crippen LogP contribution in [0.5, 0.6) is 0 Å². The standard InChI is InChI=1S/C11H12/c1-7-2-4-8(5-3-7)11-9-6-10(9)11/h2-5,9-11H,6H2,1H3. The molecule has 56 valence electrons. The van der Waals surface area contributed by atoms with Crippen LogP contribution in [-0.4, -0.2) is 0 Å². The Balaban J connectivity index is 1.91. The van der Waals surface area contributed by atoms with Crippen LogP contribution >= 0.6 is 0 Å². The number of benzene rings is 1. The Morgan fingerprint density at radius 1 is 1.09 bits per heavy atom. The van der Waals surface area contributed by atoms with E-state index in [0.29, 0.717) is 0 Å². The van der Waals surface area contributed by atoms with E-state index in [1.165, 1.54) is 12.0 Å². The van der Waals surface area contributed by atoms with E-state index in [-0.39, 0.29) is 0 Å². The molecule has 2 saturated carbocycles. The molecular formula is C11H12. The van der Waals surface area contributed by atoms with Gasteiger partial charge in [-0.15, -0.1) is 0 Å². The van der Waals surface area contributed by atoms with E-state index >= 15 is 0 Å². The average Bonchev–Trinajstić information content (AvgIpc) is 2.80. The molecule has 11 heavy (non-hydrogen) atoms. The number of rotatable bonds is 1. The summed E-state index contributed by atoms with van der Waals surface area (Å²) < 4.78 is 0. The Bertz CT molecular complexity index is 275. The lowest BCUT2D eigenvalue weighted by atomic mass is 10.0. The van der Waals surface area contributed by atoms with Crippen LogP contribution in [0.1, 0.15) is 23.5 Å². The van der Waals surface area contributed by atoms with E-state index in [4.69, 9.17) is 0 Å². The second-order valence-corrected chi connectivity index (χ2v) is 4.00. The third kappa shape index (κ3) is 0.756. The van der Waals surface area contributed by atoms with E-state index in [2.05, 4.69) is 31.2 Å². The first kappa shape index (κ1) is 5.82. The molecule has 2 atom stereocenters. The van der Waals surface area contributed by atoms with Crippen LogP contribution < -0.4 is 0 Å². The summed E-state index contributed by atoms with van der Waals surface area (Å²) in [7, 11) is 0. The van der Waals surface area contributed by atoms with E-state index in [9.17, 15) is 0 Å². The third-order valence-corrected chi connectivity index (χ3v) is 3.14. The smallest absolute Gasteiger partial charge is 0.00993 e. The lowest BCUT2D eigenvalue weighted by Gasteiger charge is -2.03. The maximum atomic E-state index is 2.30. The molecular weight excluding hydrogens is 132 g/mol. The summed E-state index contributed by atoms with van der Waals surface area (Å²) in [6.45, 7) is 2.15. The molecule has 0 N–H and O–H groups in total. The summed E-state index contributed by atoms with van der Waals surface area (Å²) in [5, 5.41) is 0. The van der Waals surface area contributed by atoms with Crippen molar-refractivity contribution in [3.05, 3.63) is 35.4 Å². The molecule has 0 saturated heterocycles. The van der Waals surface area contributed by atoms with Gasteiger partial charge in [0.25, 0.3) is 0 Å². The zero-order valence-corrected chi connectivity index (χ0v) is 6.75. The minimum atomic E-state index is 0.968. The van der Waals surface area contributed by atoms with Crippen molar-refractivity contribution in [1.29, 1.82) is 0 Å². The molecule has 2 aliphatic rings. The summed E-state index contributed by atoms with van der Waals surface area (Å²) in [6, 6.07) is 9.05. The second-order valence-electron chi connectivity index (χ2n) is 4.00. The molecule has 2 fully saturated rings. The Kier molecular flexibility index (Phi) is 0.892. The van der Waals surface area contributed by atoms with Gasteiger partial charge in [0.05, 0.1) is 0 Å². The molecule has 0 spiro atoms. The summed E-state index contributed by atoms with van der Waals surface area (Å²) in [4.78, 5) is 0. The van der Waals surface area contributed by atoms with Gasteiger partial charge >= 0.3 is 0 Å². The second kappa shape index (κ2) is 1.69. The molecule has 0 amide bonds. The lowest BCUT2D eigenvalue weighted by molar-refractivity contribution is 0.778. The van der Waals surface area contributed by atoms with Crippen LogP contribution in [-0.2, 0) is 0 Å². The number of fused-ring (bicyclic) bond motifs is 1. The Hall–Kier alpha value is -0.780. The Morgan fingerprint density at radius 2 is 1.73 bits per heavy atom. The molecule has 0 heteroatoms.